The molecule has 0 saturated carbocycles. The number of halogens is 1. The van der Waals surface area contributed by atoms with Gasteiger partial charge in [-0.1, -0.05) is 66.2 Å². The molecule has 4 rings (SSSR count). The highest BCUT2D eigenvalue weighted by Crippen LogP contribution is 2.24. The van der Waals surface area contributed by atoms with Crippen LogP contribution >= 0.6 is 23.8 Å². The number of benzene rings is 3. The molecule has 0 aliphatic rings. The van der Waals surface area contributed by atoms with Gasteiger partial charge in [-0.05, 0) is 59.7 Å². The highest BCUT2D eigenvalue weighted by atomic mass is 35.5. The maximum Gasteiger partial charge on any atom is 0.174 e. The second kappa shape index (κ2) is 11.0. The Morgan fingerprint density at radius 3 is 2.45 bits per heavy atom. The molecule has 0 aliphatic carbocycles. The molecule has 0 amide bonds. The molecular formula is C27H26ClN3OS. The largest absolute Gasteiger partial charge is 0.495 e. The van der Waals surface area contributed by atoms with Crippen LogP contribution in [-0.2, 0) is 19.6 Å². The molecule has 3 aromatic carbocycles. The Morgan fingerprint density at radius 1 is 0.909 bits per heavy atom. The van der Waals surface area contributed by atoms with Gasteiger partial charge in [-0.25, -0.2) is 0 Å². The molecule has 4 nitrogen and oxygen atoms in total. The van der Waals surface area contributed by atoms with Crippen molar-refractivity contribution in [2.75, 3.05) is 12.4 Å². The average Bonchev–Trinajstić information content (AvgIpc) is 3.26. The van der Waals surface area contributed by atoms with Crippen LogP contribution in [0.25, 0.3) is 0 Å². The van der Waals surface area contributed by atoms with Gasteiger partial charge in [-0.15, -0.1) is 0 Å². The third kappa shape index (κ3) is 6.15. The van der Waals surface area contributed by atoms with Gasteiger partial charge in [-0.3, -0.25) is 0 Å². The predicted octanol–water partition coefficient (Wildman–Crippen LogP) is 6.60. The smallest absolute Gasteiger partial charge is 0.174 e. The number of para-hydroxylation sites is 2. The van der Waals surface area contributed by atoms with Crippen LogP contribution in [0.15, 0.2) is 97.2 Å². The first-order chi connectivity index (χ1) is 16.1. The van der Waals surface area contributed by atoms with E-state index >= 15 is 0 Å². The van der Waals surface area contributed by atoms with Gasteiger partial charge in [-0.2, -0.15) is 0 Å². The van der Waals surface area contributed by atoms with Crippen LogP contribution in [0.2, 0.25) is 5.02 Å². The number of rotatable bonds is 8. The molecule has 0 radical (unpaired) electrons. The number of aromatic nitrogens is 1. The molecule has 0 atom stereocenters. The van der Waals surface area contributed by atoms with E-state index < -0.39 is 0 Å². The predicted molar refractivity (Wildman–Crippen MR) is 140 cm³/mol. The molecule has 0 aliphatic heterocycles. The molecule has 1 aromatic heterocycles. The van der Waals surface area contributed by atoms with Crippen LogP contribution in [0.1, 0.15) is 16.8 Å². The lowest BCUT2D eigenvalue weighted by Crippen LogP contribution is -2.34. The fraction of sp³-hybridized carbons (Fsp3) is 0.148. The SMILES string of the molecule is COc1ccccc1NC(=S)N(Cc1ccccc1)Cc1cccn1Cc1cccc(Cl)c1. The topological polar surface area (TPSA) is 29.4 Å². The van der Waals surface area contributed by atoms with Crippen molar-refractivity contribution in [2.24, 2.45) is 0 Å². The maximum absolute atomic E-state index is 6.19. The second-order valence-corrected chi connectivity index (χ2v) is 8.55. The molecule has 0 saturated heterocycles. The molecule has 4 aromatic rings. The third-order valence-electron chi connectivity index (χ3n) is 5.37. The zero-order valence-corrected chi connectivity index (χ0v) is 20.0. The van der Waals surface area contributed by atoms with Gasteiger partial charge in [0, 0.05) is 30.0 Å². The summed E-state index contributed by atoms with van der Waals surface area (Å²) in [6.07, 6.45) is 2.09. The lowest BCUT2D eigenvalue weighted by molar-refractivity contribution is 0.398. The Morgan fingerprint density at radius 2 is 1.67 bits per heavy atom. The summed E-state index contributed by atoms with van der Waals surface area (Å²) in [7, 11) is 1.66. The van der Waals surface area contributed by atoms with Crippen LogP contribution in [0.5, 0.6) is 5.75 Å². The molecule has 1 N–H and O–H groups in total. The summed E-state index contributed by atoms with van der Waals surface area (Å²) in [4.78, 5) is 2.17. The van der Waals surface area contributed by atoms with Gasteiger partial charge in [0.15, 0.2) is 5.11 Å². The van der Waals surface area contributed by atoms with E-state index in [0.29, 0.717) is 18.2 Å². The number of thiocarbonyl (C=S) groups is 1. The van der Waals surface area contributed by atoms with Gasteiger partial charge >= 0.3 is 0 Å². The van der Waals surface area contributed by atoms with Crippen LogP contribution in [0, 0.1) is 0 Å². The van der Waals surface area contributed by atoms with E-state index in [2.05, 4.69) is 51.3 Å². The van der Waals surface area contributed by atoms with Crippen molar-refractivity contribution in [1.82, 2.24) is 9.47 Å². The Kier molecular flexibility index (Phi) is 7.66. The van der Waals surface area contributed by atoms with Gasteiger partial charge in [0.2, 0.25) is 0 Å². The van der Waals surface area contributed by atoms with Gasteiger partial charge < -0.3 is 19.5 Å². The first-order valence-electron chi connectivity index (χ1n) is 10.7. The molecule has 0 unspecified atom stereocenters. The zero-order valence-electron chi connectivity index (χ0n) is 18.4. The fourth-order valence-corrected chi connectivity index (χ4v) is 4.17. The first-order valence-corrected chi connectivity index (χ1v) is 11.5. The summed E-state index contributed by atoms with van der Waals surface area (Å²) in [5.41, 5.74) is 4.35. The molecular weight excluding hydrogens is 450 g/mol. The molecule has 33 heavy (non-hydrogen) atoms. The van der Waals surface area contributed by atoms with Crippen LogP contribution in [0.3, 0.4) is 0 Å². The minimum atomic E-state index is 0.638. The number of anilines is 1. The van der Waals surface area contributed by atoms with Crippen molar-refractivity contribution >= 4 is 34.6 Å². The van der Waals surface area contributed by atoms with Gasteiger partial charge in [0.1, 0.15) is 5.75 Å². The van der Waals surface area contributed by atoms with E-state index in [1.54, 1.807) is 7.11 Å². The Labute approximate surface area is 205 Å². The van der Waals surface area contributed by atoms with Crippen LogP contribution < -0.4 is 10.1 Å². The molecule has 1 heterocycles. The number of nitrogens with one attached hydrogen (secondary N) is 1. The Hall–Kier alpha value is -3.28. The summed E-state index contributed by atoms with van der Waals surface area (Å²) >= 11 is 12.0. The standard InChI is InChI=1S/C27H26ClN3OS/c1-32-26-15-6-5-14-25(26)29-27(33)31(18-21-9-3-2-4-10-21)20-24-13-8-16-30(24)19-22-11-7-12-23(28)17-22/h2-17H,18-20H2,1H3,(H,29,33). The molecule has 0 bridgehead atoms. The zero-order chi connectivity index (χ0) is 23.0. The molecule has 6 heteroatoms. The highest BCUT2D eigenvalue weighted by molar-refractivity contribution is 7.80. The monoisotopic (exact) mass is 475 g/mol. The summed E-state index contributed by atoms with van der Waals surface area (Å²) in [5.74, 6) is 0.754. The van der Waals surface area contributed by atoms with E-state index in [1.165, 1.54) is 5.56 Å². The summed E-state index contributed by atoms with van der Waals surface area (Å²) in [6.45, 7) is 2.09. The van der Waals surface area contributed by atoms with Crippen molar-refractivity contribution in [3.05, 3.63) is 119 Å². The van der Waals surface area contributed by atoms with Crippen LogP contribution in [-0.4, -0.2) is 21.7 Å². The highest BCUT2D eigenvalue weighted by Gasteiger charge is 2.15. The van der Waals surface area contributed by atoms with Crippen molar-refractivity contribution in [2.45, 2.75) is 19.6 Å². The lowest BCUT2D eigenvalue weighted by Gasteiger charge is -2.27. The number of ether oxygens (including phenoxy) is 1. The van der Waals surface area contributed by atoms with E-state index in [0.717, 1.165) is 34.3 Å². The van der Waals surface area contributed by atoms with Gasteiger partial charge in [0.25, 0.3) is 0 Å². The number of nitrogens with zero attached hydrogens (tertiary/aromatic N) is 2. The second-order valence-electron chi connectivity index (χ2n) is 7.73. The Balaban J connectivity index is 1.57. The first kappa shape index (κ1) is 22.9. The fourth-order valence-electron chi connectivity index (χ4n) is 3.72. The normalized spacial score (nSPS) is 10.6. The van der Waals surface area contributed by atoms with Crippen molar-refractivity contribution in [1.29, 1.82) is 0 Å². The summed E-state index contributed by atoms with van der Waals surface area (Å²) < 4.78 is 7.72. The maximum atomic E-state index is 6.19. The molecule has 0 fully saturated rings. The Bertz CT molecular complexity index is 1210. The van der Waals surface area contributed by atoms with E-state index in [4.69, 9.17) is 28.6 Å². The van der Waals surface area contributed by atoms with Crippen molar-refractivity contribution < 1.29 is 4.74 Å². The van der Waals surface area contributed by atoms with E-state index in [9.17, 15) is 0 Å². The third-order valence-corrected chi connectivity index (χ3v) is 5.97. The van der Waals surface area contributed by atoms with Crippen molar-refractivity contribution in [3.8, 4) is 5.75 Å². The summed E-state index contributed by atoms with van der Waals surface area (Å²) in [5, 5.41) is 4.76. The lowest BCUT2D eigenvalue weighted by atomic mass is 10.2. The summed E-state index contributed by atoms with van der Waals surface area (Å²) in [6, 6.07) is 30.3. The molecule has 0 spiro atoms. The van der Waals surface area contributed by atoms with Crippen molar-refractivity contribution in [3.63, 3.8) is 0 Å². The van der Waals surface area contributed by atoms with Gasteiger partial charge in [0.05, 0.1) is 19.3 Å². The minimum absolute atomic E-state index is 0.638. The van der Waals surface area contributed by atoms with E-state index in [-0.39, 0.29) is 0 Å². The number of hydrogen-bond acceptors (Lipinski definition) is 2. The number of methoxy groups -OCH3 is 1. The quantitative estimate of drug-likeness (QED) is 0.291. The minimum Gasteiger partial charge on any atom is -0.495 e. The number of hydrogen-bond donors (Lipinski definition) is 1. The van der Waals surface area contributed by atoms with Crippen LogP contribution in [0.4, 0.5) is 5.69 Å². The van der Waals surface area contributed by atoms with E-state index in [1.807, 2.05) is 60.7 Å². The molecule has 168 valence electrons. The average molecular weight is 476 g/mol.